The quantitative estimate of drug-likeness (QED) is 0.623. The average molecular weight is 286 g/mol. The van der Waals surface area contributed by atoms with Crippen LogP contribution in [-0.4, -0.2) is 36.5 Å². The van der Waals surface area contributed by atoms with E-state index in [9.17, 15) is 0 Å². The fourth-order valence-corrected chi connectivity index (χ4v) is 3.17. The molecule has 1 fully saturated rings. The van der Waals surface area contributed by atoms with Gasteiger partial charge in [-0.1, -0.05) is 13.0 Å². The van der Waals surface area contributed by atoms with Gasteiger partial charge in [-0.2, -0.15) is 0 Å². The van der Waals surface area contributed by atoms with Gasteiger partial charge >= 0.3 is 0 Å². The highest BCUT2D eigenvalue weighted by molar-refractivity contribution is 5.92. The molecule has 4 heteroatoms. The molecule has 3 rings (SSSR count). The van der Waals surface area contributed by atoms with Gasteiger partial charge < -0.3 is 11.1 Å². The molecule has 0 aromatic heterocycles. The zero-order chi connectivity index (χ0) is 14.7. The van der Waals surface area contributed by atoms with Crippen LogP contribution < -0.4 is 11.1 Å². The second-order valence-electron chi connectivity index (χ2n) is 6.09. The van der Waals surface area contributed by atoms with Crippen LogP contribution in [-0.2, 0) is 12.8 Å². The van der Waals surface area contributed by atoms with Gasteiger partial charge in [0.1, 0.15) is 0 Å². The van der Waals surface area contributed by atoms with Gasteiger partial charge in [-0.05, 0) is 61.9 Å². The summed E-state index contributed by atoms with van der Waals surface area (Å²) >= 11 is 0. The Bertz CT molecular complexity index is 520. The second-order valence-corrected chi connectivity index (χ2v) is 6.09. The zero-order valence-corrected chi connectivity index (χ0v) is 12.9. The zero-order valence-electron chi connectivity index (χ0n) is 12.9. The topological polar surface area (TPSA) is 53.6 Å². The van der Waals surface area contributed by atoms with Crippen molar-refractivity contribution in [1.82, 2.24) is 4.90 Å². The van der Waals surface area contributed by atoms with Crippen molar-refractivity contribution >= 4 is 11.6 Å². The Morgan fingerprint density at radius 3 is 2.90 bits per heavy atom. The first-order valence-corrected chi connectivity index (χ1v) is 8.19. The Hall–Kier alpha value is -1.55. The molecule has 0 heterocycles. The molecular weight excluding hydrogens is 260 g/mol. The van der Waals surface area contributed by atoms with Crippen molar-refractivity contribution in [2.24, 2.45) is 10.7 Å². The Morgan fingerprint density at radius 2 is 2.14 bits per heavy atom. The van der Waals surface area contributed by atoms with Crippen LogP contribution in [0.4, 0.5) is 5.69 Å². The number of hydrogen-bond acceptors (Lipinski definition) is 2. The van der Waals surface area contributed by atoms with Crippen molar-refractivity contribution in [1.29, 1.82) is 0 Å². The summed E-state index contributed by atoms with van der Waals surface area (Å²) in [6.07, 6.45) is 6.37. The van der Waals surface area contributed by atoms with E-state index < -0.39 is 0 Å². The third-order valence-corrected chi connectivity index (χ3v) is 4.51. The molecular formula is C17H26N4. The fourth-order valence-electron chi connectivity index (χ4n) is 3.17. The van der Waals surface area contributed by atoms with E-state index in [1.807, 2.05) is 0 Å². The van der Waals surface area contributed by atoms with Crippen molar-refractivity contribution in [2.75, 3.05) is 25.0 Å². The number of fused-ring (bicyclic) bond motifs is 1. The van der Waals surface area contributed by atoms with E-state index in [0.717, 1.165) is 31.4 Å². The Morgan fingerprint density at radius 1 is 1.33 bits per heavy atom. The first kappa shape index (κ1) is 14.4. The van der Waals surface area contributed by atoms with E-state index in [-0.39, 0.29) is 0 Å². The maximum Gasteiger partial charge on any atom is 0.193 e. The number of guanidine groups is 1. The van der Waals surface area contributed by atoms with Crippen molar-refractivity contribution in [2.45, 2.75) is 45.1 Å². The Balaban J connectivity index is 1.50. The molecule has 0 amide bonds. The number of nitrogens with two attached hydrogens (primary N) is 1. The summed E-state index contributed by atoms with van der Waals surface area (Å²) in [4.78, 5) is 6.94. The number of rotatable bonds is 6. The van der Waals surface area contributed by atoms with Gasteiger partial charge in [0.2, 0.25) is 0 Å². The van der Waals surface area contributed by atoms with E-state index in [0.29, 0.717) is 5.96 Å². The van der Waals surface area contributed by atoms with Crippen LogP contribution in [0.25, 0.3) is 0 Å². The van der Waals surface area contributed by atoms with Gasteiger partial charge in [-0.25, -0.2) is 0 Å². The predicted octanol–water partition coefficient (Wildman–Crippen LogP) is 2.39. The van der Waals surface area contributed by atoms with Crippen molar-refractivity contribution < 1.29 is 0 Å². The molecule has 21 heavy (non-hydrogen) atoms. The minimum Gasteiger partial charge on any atom is -0.370 e. The molecule has 0 spiro atoms. The lowest BCUT2D eigenvalue weighted by molar-refractivity contribution is 0.286. The van der Waals surface area contributed by atoms with Crippen LogP contribution in [0.5, 0.6) is 0 Å². The van der Waals surface area contributed by atoms with Gasteiger partial charge in [0, 0.05) is 18.3 Å². The maximum atomic E-state index is 5.99. The third kappa shape index (κ3) is 3.76. The smallest absolute Gasteiger partial charge is 0.193 e. The average Bonchev–Trinajstić information content (AvgIpc) is 3.21. The molecule has 3 N–H and O–H groups in total. The van der Waals surface area contributed by atoms with Gasteiger partial charge in [0.15, 0.2) is 5.96 Å². The molecule has 1 aromatic rings. The predicted molar refractivity (Wildman–Crippen MR) is 88.8 cm³/mol. The van der Waals surface area contributed by atoms with Gasteiger partial charge in [0.05, 0.1) is 6.54 Å². The van der Waals surface area contributed by atoms with Gasteiger partial charge in [0.25, 0.3) is 0 Å². The third-order valence-electron chi connectivity index (χ3n) is 4.51. The van der Waals surface area contributed by atoms with Crippen LogP contribution >= 0.6 is 0 Å². The minimum atomic E-state index is 0.528. The van der Waals surface area contributed by atoms with Crippen LogP contribution in [0.15, 0.2) is 23.2 Å². The highest BCUT2D eigenvalue weighted by Gasteiger charge is 2.27. The lowest BCUT2D eigenvalue weighted by Crippen LogP contribution is -2.30. The maximum absolute atomic E-state index is 5.99. The number of nitrogens with one attached hydrogen (secondary N) is 1. The Labute approximate surface area is 127 Å². The number of aryl methyl sites for hydroxylation is 2. The molecule has 0 radical (unpaired) electrons. The minimum absolute atomic E-state index is 0.528. The van der Waals surface area contributed by atoms with E-state index in [2.05, 4.69) is 40.3 Å². The standard InChI is InChI=1S/C17H26N4/c1-2-21(16-8-9-16)11-10-19-17(18)20-15-7-6-13-4-3-5-14(13)12-15/h6-7,12,16H,2-5,8-11H2,1H3,(H3,18,19,20). The molecule has 4 nitrogen and oxygen atoms in total. The molecule has 0 atom stereocenters. The molecule has 0 aliphatic heterocycles. The van der Waals surface area contributed by atoms with Crippen molar-refractivity contribution in [3.63, 3.8) is 0 Å². The van der Waals surface area contributed by atoms with E-state index >= 15 is 0 Å². The summed E-state index contributed by atoms with van der Waals surface area (Å²) in [7, 11) is 0. The van der Waals surface area contributed by atoms with Crippen LogP contribution in [0.1, 0.15) is 37.3 Å². The summed E-state index contributed by atoms with van der Waals surface area (Å²) in [6.45, 7) is 5.11. The Kier molecular flexibility index (Phi) is 4.44. The SMILES string of the molecule is CCN(CCN=C(N)Nc1ccc2c(c1)CCC2)C1CC1. The summed E-state index contributed by atoms with van der Waals surface area (Å²) in [6, 6.07) is 7.34. The summed E-state index contributed by atoms with van der Waals surface area (Å²) in [5.74, 6) is 0.528. The number of hydrogen-bond donors (Lipinski definition) is 2. The molecule has 1 aromatic carbocycles. The second kappa shape index (κ2) is 6.48. The van der Waals surface area contributed by atoms with E-state index in [4.69, 9.17) is 5.73 Å². The van der Waals surface area contributed by atoms with Crippen LogP contribution in [0, 0.1) is 0 Å². The monoisotopic (exact) mass is 286 g/mol. The van der Waals surface area contributed by atoms with Gasteiger partial charge in [-0.15, -0.1) is 0 Å². The number of benzene rings is 1. The first-order chi connectivity index (χ1) is 10.3. The van der Waals surface area contributed by atoms with Gasteiger partial charge in [-0.3, -0.25) is 9.89 Å². The largest absolute Gasteiger partial charge is 0.370 e. The van der Waals surface area contributed by atoms with E-state index in [1.165, 1.54) is 43.2 Å². The lowest BCUT2D eigenvalue weighted by atomic mass is 10.1. The molecule has 2 aliphatic carbocycles. The van der Waals surface area contributed by atoms with Crippen LogP contribution in [0.3, 0.4) is 0 Å². The number of nitrogens with zero attached hydrogens (tertiary/aromatic N) is 2. The number of likely N-dealkylation sites (N-methyl/N-ethyl adjacent to an activating group) is 1. The summed E-state index contributed by atoms with van der Waals surface area (Å²) in [5.41, 5.74) is 9.99. The first-order valence-electron chi connectivity index (χ1n) is 8.19. The van der Waals surface area contributed by atoms with Crippen LogP contribution in [0.2, 0.25) is 0 Å². The summed E-state index contributed by atoms with van der Waals surface area (Å²) in [5, 5.41) is 3.22. The highest BCUT2D eigenvalue weighted by atomic mass is 15.2. The molecule has 0 bridgehead atoms. The van der Waals surface area contributed by atoms with Crippen molar-refractivity contribution in [3.05, 3.63) is 29.3 Å². The number of aliphatic imine (C=N–C) groups is 1. The lowest BCUT2D eigenvalue weighted by Gasteiger charge is -2.18. The van der Waals surface area contributed by atoms with Crippen molar-refractivity contribution in [3.8, 4) is 0 Å². The molecule has 0 unspecified atom stereocenters. The molecule has 114 valence electrons. The summed E-state index contributed by atoms with van der Waals surface area (Å²) < 4.78 is 0. The van der Waals surface area contributed by atoms with E-state index in [1.54, 1.807) is 0 Å². The molecule has 1 saturated carbocycles. The molecule has 0 saturated heterocycles. The fraction of sp³-hybridized carbons (Fsp3) is 0.588. The number of anilines is 1. The molecule has 2 aliphatic rings. The normalized spacial score (nSPS) is 18.1. The highest BCUT2D eigenvalue weighted by Crippen LogP contribution is 2.26.